The second kappa shape index (κ2) is 10.8. The van der Waals surface area contributed by atoms with Gasteiger partial charge in [-0.2, -0.15) is 13.2 Å². The summed E-state index contributed by atoms with van der Waals surface area (Å²) < 4.78 is 45.6. The minimum absolute atomic E-state index is 0.0179. The van der Waals surface area contributed by atoms with Crippen molar-refractivity contribution in [1.29, 1.82) is 0 Å². The Balaban J connectivity index is 1.81. The molecule has 0 bridgehead atoms. The van der Waals surface area contributed by atoms with Gasteiger partial charge in [-0.1, -0.05) is 33.6 Å². The first-order valence-corrected chi connectivity index (χ1v) is 12.4. The van der Waals surface area contributed by atoms with Crippen LogP contribution in [0.2, 0.25) is 5.02 Å². The minimum Gasteiger partial charge on any atom is -0.448 e. The third-order valence-corrected chi connectivity index (χ3v) is 6.48. The molecule has 1 N–H and O–H groups in total. The molecule has 3 aromatic rings. The van der Waals surface area contributed by atoms with Crippen LogP contribution in [0.25, 0.3) is 6.08 Å². The number of nitro groups is 1. The Morgan fingerprint density at radius 1 is 1.05 bits per heavy atom. The number of urea groups is 1. The first-order valence-electron chi connectivity index (χ1n) is 10.5. The summed E-state index contributed by atoms with van der Waals surface area (Å²) >= 11 is 12.4. The quantitative estimate of drug-likeness (QED) is 0.131. The third-order valence-electron chi connectivity index (χ3n) is 5.20. The molecule has 1 heterocycles. The summed E-state index contributed by atoms with van der Waals surface area (Å²) in [5.41, 5.74) is -2.64. The molecule has 0 radical (unpaired) electrons. The highest BCUT2D eigenvalue weighted by atomic mass is 79.9. The minimum atomic E-state index is -4.84. The highest BCUT2D eigenvalue weighted by Crippen LogP contribution is 2.42. The molecule has 4 amide bonds. The summed E-state index contributed by atoms with van der Waals surface area (Å²) in [6.45, 7) is 0. The van der Waals surface area contributed by atoms with Crippen molar-refractivity contribution < 1.29 is 37.2 Å². The molecule has 0 saturated carbocycles. The van der Waals surface area contributed by atoms with Gasteiger partial charge in [0.1, 0.15) is 11.3 Å². The standard InChI is InChI=1S/C24H11Br2ClF3N3O6/c25-13-6-11(7-16-21(34)31-23(36)32(22(16)35)15-3-1-2-14(27)10-15)20(17(26)9-13)39-19-5-4-12(24(28,29)30)8-18(19)33(37)38/h1-10H,(H,31,34,36)/b16-7+. The number of rotatable bonds is 5. The number of anilines is 1. The average molecular weight is 690 g/mol. The molecule has 200 valence electrons. The van der Waals surface area contributed by atoms with E-state index in [4.69, 9.17) is 16.3 Å². The fourth-order valence-corrected chi connectivity index (χ4v) is 5.01. The van der Waals surface area contributed by atoms with Crippen molar-refractivity contribution in [2.45, 2.75) is 6.18 Å². The lowest BCUT2D eigenvalue weighted by molar-refractivity contribution is -0.385. The molecule has 0 atom stereocenters. The van der Waals surface area contributed by atoms with Crippen LogP contribution in [0.5, 0.6) is 11.5 Å². The molecule has 15 heteroatoms. The van der Waals surface area contributed by atoms with Gasteiger partial charge in [0, 0.05) is 21.1 Å². The van der Waals surface area contributed by atoms with Crippen LogP contribution in [0, 0.1) is 10.1 Å². The number of nitro benzene ring substituents is 1. The molecule has 3 aromatic carbocycles. The molecule has 0 aromatic heterocycles. The normalized spacial score (nSPS) is 15.0. The van der Waals surface area contributed by atoms with Crippen LogP contribution >= 0.6 is 43.5 Å². The molecule has 0 spiro atoms. The van der Waals surface area contributed by atoms with Gasteiger partial charge in [0.25, 0.3) is 11.8 Å². The van der Waals surface area contributed by atoms with Gasteiger partial charge >= 0.3 is 17.9 Å². The van der Waals surface area contributed by atoms with Crippen LogP contribution in [-0.4, -0.2) is 22.8 Å². The maximum absolute atomic E-state index is 13.2. The Kier molecular flexibility index (Phi) is 7.82. The lowest BCUT2D eigenvalue weighted by Gasteiger charge is -2.26. The number of amides is 4. The Labute approximate surface area is 238 Å². The summed E-state index contributed by atoms with van der Waals surface area (Å²) in [6.07, 6.45) is -3.76. The highest BCUT2D eigenvalue weighted by Gasteiger charge is 2.37. The number of barbiturate groups is 1. The number of nitrogens with one attached hydrogen (secondary N) is 1. The van der Waals surface area contributed by atoms with E-state index < -0.39 is 51.5 Å². The number of imide groups is 2. The number of ether oxygens (including phenoxy) is 1. The Morgan fingerprint density at radius 2 is 1.77 bits per heavy atom. The van der Waals surface area contributed by atoms with E-state index in [1.54, 1.807) is 0 Å². The molecule has 9 nitrogen and oxygen atoms in total. The number of nitrogens with zero attached hydrogens (tertiary/aromatic N) is 2. The first kappa shape index (κ1) is 28.3. The summed E-state index contributed by atoms with van der Waals surface area (Å²) in [5.74, 6) is -2.74. The van der Waals surface area contributed by atoms with Crippen LogP contribution in [0.15, 0.2) is 69.1 Å². The Bertz CT molecular complexity index is 1600. The highest BCUT2D eigenvalue weighted by molar-refractivity contribution is 9.11. The van der Waals surface area contributed by atoms with Gasteiger partial charge in [0.15, 0.2) is 0 Å². The summed E-state index contributed by atoms with van der Waals surface area (Å²) in [4.78, 5) is 49.5. The van der Waals surface area contributed by atoms with Crippen molar-refractivity contribution in [1.82, 2.24) is 5.32 Å². The average Bonchev–Trinajstić information content (AvgIpc) is 2.83. The lowest BCUT2D eigenvalue weighted by Crippen LogP contribution is -2.54. The van der Waals surface area contributed by atoms with Gasteiger partial charge in [-0.3, -0.25) is 25.0 Å². The molecule has 0 unspecified atom stereocenters. The number of carbonyl (C=O) groups is 3. The zero-order valence-corrected chi connectivity index (χ0v) is 22.8. The van der Waals surface area contributed by atoms with E-state index in [2.05, 4.69) is 31.9 Å². The summed E-state index contributed by atoms with van der Waals surface area (Å²) in [6, 6.07) is 9.33. The van der Waals surface area contributed by atoms with Gasteiger partial charge in [-0.25, -0.2) is 9.69 Å². The Hall–Kier alpha value is -3.75. The second-order valence-electron chi connectivity index (χ2n) is 7.78. The van der Waals surface area contributed by atoms with E-state index in [9.17, 15) is 37.7 Å². The van der Waals surface area contributed by atoms with Gasteiger partial charge in [0.05, 0.1) is 20.6 Å². The number of benzene rings is 3. The van der Waals surface area contributed by atoms with Crippen molar-refractivity contribution in [2.75, 3.05) is 4.90 Å². The van der Waals surface area contributed by atoms with E-state index in [-0.39, 0.29) is 26.5 Å². The van der Waals surface area contributed by atoms with Gasteiger partial charge in [-0.15, -0.1) is 0 Å². The van der Waals surface area contributed by atoms with Crippen molar-refractivity contribution in [3.63, 3.8) is 0 Å². The number of hydrogen-bond acceptors (Lipinski definition) is 6. The van der Waals surface area contributed by atoms with Crippen molar-refractivity contribution in [3.05, 3.63) is 95.4 Å². The molecule has 1 saturated heterocycles. The molecule has 1 aliphatic rings. The van der Waals surface area contributed by atoms with E-state index in [0.29, 0.717) is 21.5 Å². The van der Waals surface area contributed by atoms with Crippen LogP contribution in [-0.2, 0) is 15.8 Å². The molecular formula is C24H11Br2ClF3N3O6. The second-order valence-corrected chi connectivity index (χ2v) is 9.99. The zero-order valence-electron chi connectivity index (χ0n) is 18.9. The summed E-state index contributed by atoms with van der Waals surface area (Å²) in [5, 5.41) is 13.8. The number of alkyl halides is 3. The monoisotopic (exact) mass is 687 g/mol. The summed E-state index contributed by atoms with van der Waals surface area (Å²) in [7, 11) is 0. The largest absolute Gasteiger partial charge is 0.448 e. The number of halogens is 6. The predicted molar refractivity (Wildman–Crippen MR) is 140 cm³/mol. The van der Waals surface area contributed by atoms with Gasteiger partial charge in [0.2, 0.25) is 5.75 Å². The first-order chi connectivity index (χ1) is 18.3. The van der Waals surface area contributed by atoms with Crippen molar-refractivity contribution in [3.8, 4) is 11.5 Å². The number of carbonyl (C=O) groups excluding carboxylic acids is 3. The van der Waals surface area contributed by atoms with Crippen LogP contribution in [0.1, 0.15) is 11.1 Å². The SMILES string of the molecule is O=C1NC(=O)N(c2cccc(Cl)c2)C(=O)/C1=C/c1cc(Br)cc(Br)c1Oc1ccc(C(F)(F)F)cc1[N+](=O)[O-]. The molecular weight excluding hydrogens is 679 g/mol. The predicted octanol–water partition coefficient (Wildman–Crippen LogP) is 7.25. The topological polar surface area (TPSA) is 119 Å². The van der Waals surface area contributed by atoms with Crippen LogP contribution < -0.4 is 15.0 Å². The van der Waals surface area contributed by atoms with Crippen LogP contribution in [0.4, 0.5) is 29.3 Å². The fourth-order valence-electron chi connectivity index (χ4n) is 3.49. The number of hydrogen-bond donors (Lipinski definition) is 1. The van der Waals surface area contributed by atoms with E-state index >= 15 is 0 Å². The molecule has 39 heavy (non-hydrogen) atoms. The van der Waals surface area contributed by atoms with E-state index in [0.717, 1.165) is 12.1 Å². The molecule has 1 fully saturated rings. The molecule has 4 rings (SSSR count). The van der Waals surface area contributed by atoms with E-state index in [1.807, 2.05) is 5.32 Å². The maximum atomic E-state index is 13.2. The lowest BCUT2D eigenvalue weighted by atomic mass is 10.1. The molecule has 1 aliphatic heterocycles. The van der Waals surface area contributed by atoms with Gasteiger partial charge in [-0.05, 0) is 64.5 Å². The van der Waals surface area contributed by atoms with Crippen molar-refractivity contribution in [2.24, 2.45) is 0 Å². The van der Waals surface area contributed by atoms with Crippen molar-refractivity contribution >= 4 is 78.8 Å². The third kappa shape index (κ3) is 5.97. The smallest absolute Gasteiger partial charge is 0.416 e. The van der Waals surface area contributed by atoms with Gasteiger partial charge < -0.3 is 4.74 Å². The molecule has 0 aliphatic carbocycles. The van der Waals surface area contributed by atoms with Crippen LogP contribution in [0.3, 0.4) is 0 Å². The Morgan fingerprint density at radius 3 is 2.41 bits per heavy atom. The van der Waals surface area contributed by atoms with E-state index in [1.165, 1.54) is 36.4 Å². The zero-order chi connectivity index (χ0) is 28.6. The fraction of sp³-hybridized carbons (Fsp3) is 0.0417. The maximum Gasteiger partial charge on any atom is 0.416 e.